The number of nitrogens with zero attached hydrogens (tertiary/aromatic N) is 2. The lowest BCUT2D eigenvalue weighted by molar-refractivity contribution is 0.607. The van der Waals surface area contributed by atoms with Crippen molar-refractivity contribution in [2.24, 2.45) is 0 Å². The lowest BCUT2D eigenvalue weighted by Crippen LogP contribution is -2.18. The first-order valence-electron chi connectivity index (χ1n) is 20.7. The van der Waals surface area contributed by atoms with Crippen LogP contribution in [0, 0.1) is 0 Å². The van der Waals surface area contributed by atoms with Gasteiger partial charge in [0.05, 0.1) is 0 Å². The normalized spacial score (nSPS) is 15.5. The van der Waals surface area contributed by atoms with E-state index in [4.69, 9.17) is 0 Å². The highest BCUT2D eigenvalue weighted by Gasteiger charge is 2.38. The van der Waals surface area contributed by atoms with Gasteiger partial charge < -0.3 is 9.80 Å². The molecule has 10 rings (SSSR count). The topological polar surface area (TPSA) is 6.48 Å². The van der Waals surface area contributed by atoms with Crippen molar-refractivity contribution < 1.29 is 0 Å². The maximum Gasteiger partial charge on any atom is 0.0465 e. The fourth-order valence-electron chi connectivity index (χ4n) is 9.69. The van der Waals surface area contributed by atoms with Crippen molar-refractivity contribution in [1.82, 2.24) is 0 Å². The summed E-state index contributed by atoms with van der Waals surface area (Å²) < 4.78 is 0. The van der Waals surface area contributed by atoms with Crippen LogP contribution in [0.15, 0.2) is 188 Å². The highest BCUT2D eigenvalue weighted by Crippen LogP contribution is 2.53. The van der Waals surface area contributed by atoms with Crippen LogP contribution in [0.1, 0.15) is 73.9 Å². The number of para-hydroxylation sites is 3. The summed E-state index contributed by atoms with van der Waals surface area (Å²) >= 11 is 0. The number of fused-ring (bicyclic) bond motifs is 5. The summed E-state index contributed by atoms with van der Waals surface area (Å²) in [4.78, 5) is 4.74. The summed E-state index contributed by atoms with van der Waals surface area (Å²) in [5.41, 5.74) is 20.4. The van der Waals surface area contributed by atoms with E-state index in [9.17, 15) is 0 Å². The molecule has 0 saturated carbocycles. The zero-order valence-electron chi connectivity index (χ0n) is 33.8. The second-order valence-electron chi connectivity index (χ2n) is 17.0. The van der Waals surface area contributed by atoms with Crippen molar-refractivity contribution in [3.63, 3.8) is 0 Å². The summed E-state index contributed by atoms with van der Waals surface area (Å²) in [5.74, 6) is 0. The van der Waals surface area contributed by atoms with Crippen molar-refractivity contribution >= 4 is 51.8 Å². The largest absolute Gasteiger partial charge is 0.310 e. The lowest BCUT2D eigenvalue weighted by Gasteiger charge is -2.29. The SMILES string of the molecule is CC1(C)C2=C(C=CCC2)c2ccc(N(c3ccccc3)c3ccc(/C=C/c4ccc5c(c4)C(C)(C)c4cc(N(c6ccccc6)c6ccccc6)ccc4-5)cc3)cc21. The van der Waals surface area contributed by atoms with E-state index in [1.807, 2.05) is 0 Å². The molecule has 0 spiro atoms. The first kappa shape index (κ1) is 35.8. The second-order valence-corrected chi connectivity index (χ2v) is 17.0. The fourth-order valence-corrected chi connectivity index (χ4v) is 9.69. The molecular formula is C56H48N2. The van der Waals surface area contributed by atoms with Gasteiger partial charge in [0.15, 0.2) is 0 Å². The highest BCUT2D eigenvalue weighted by molar-refractivity contribution is 5.90. The average molecular weight is 749 g/mol. The fraction of sp³-hybridized carbons (Fsp3) is 0.143. The Bertz CT molecular complexity index is 2710. The molecule has 0 radical (unpaired) electrons. The minimum absolute atomic E-state index is 0.0207. The third-order valence-electron chi connectivity index (χ3n) is 12.8. The zero-order valence-corrected chi connectivity index (χ0v) is 33.8. The highest BCUT2D eigenvalue weighted by atomic mass is 15.1. The molecule has 0 bridgehead atoms. The summed E-state index contributed by atoms with van der Waals surface area (Å²) in [7, 11) is 0. The maximum absolute atomic E-state index is 2.43. The molecule has 0 fully saturated rings. The van der Waals surface area contributed by atoms with Crippen molar-refractivity contribution in [2.75, 3.05) is 9.80 Å². The minimum Gasteiger partial charge on any atom is -0.310 e. The van der Waals surface area contributed by atoms with E-state index in [0.717, 1.165) is 35.6 Å². The number of hydrogen-bond donors (Lipinski definition) is 0. The number of hydrogen-bond acceptors (Lipinski definition) is 2. The summed E-state index contributed by atoms with van der Waals surface area (Å²) in [6, 6.07) is 62.1. The Morgan fingerprint density at radius 3 is 1.41 bits per heavy atom. The van der Waals surface area contributed by atoms with E-state index in [2.05, 4.69) is 232 Å². The van der Waals surface area contributed by atoms with Crippen molar-refractivity contribution in [3.05, 3.63) is 221 Å². The van der Waals surface area contributed by atoms with E-state index in [-0.39, 0.29) is 10.8 Å². The van der Waals surface area contributed by atoms with Gasteiger partial charge >= 0.3 is 0 Å². The number of anilines is 6. The van der Waals surface area contributed by atoms with E-state index < -0.39 is 0 Å². The molecule has 0 aromatic heterocycles. The molecule has 7 aromatic rings. The number of allylic oxidation sites excluding steroid dienone is 4. The second kappa shape index (κ2) is 14.1. The van der Waals surface area contributed by atoms with Crippen molar-refractivity contribution in [2.45, 2.75) is 51.4 Å². The van der Waals surface area contributed by atoms with E-state index in [1.165, 1.54) is 61.5 Å². The summed E-state index contributed by atoms with van der Waals surface area (Å²) in [6.45, 7) is 9.53. The molecule has 3 aliphatic rings. The first-order chi connectivity index (χ1) is 28.3. The molecule has 0 atom stereocenters. The molecule has 2 nitrogen and oxygen atoms in total. The molecule has 0 saturated heterocycles. The quantitative estimate of drug-likeness (QED) is 0.143. The van der Waals surface area contributed by atoms with Gasteiger partial charge in [-0.1, -0.05) is 155 Å². The monoisotopic (exact) mass is 748 g/mol. The average Bonchev–Trinajstić information content (AvgIpc) is 3.63. The zero-order chi connectivity index (χ0) is 39.4. The molecule has 0 unspecified atom stereocenters. The van der Waals surface area contributed by atoms with Crippen LogP contribution in [-0.2, 0) is 10.8 Å². The molecule has 2 heteroatoms. The molecule has 58 heavy (non-hydrogen) atoms. The Hall–Kier alpha value is -6.64. The van der Waals surface area contributed by atoms with Gasteiger partial charge in [0.2, 0.25) is 0 Å². The molecule has 0 aliphatic heterocycles. The Labute approximate surface area is 343 Å². The van der Waals surface area contributed by atoms with Gasteiger partial charge in [-0.05, 0) is 136 Å². The van der Waals surface area contributed by atoms with Crippen LogP contribution < -0.4 is 9.80 Å². The van der Waals surface area contributed by atoms with Crippen LogP contribution >= 0.6 is 0 Å². The number of rotatable bonds is 8. The van der Waals surface area contributed by atoms with Gasteiger partial charge in [-0.3, -0.25) is 0 Å². The van der Waals surface area contributed by atoms with Crippen LogP contribution in [0.4, 0.5) is 34.1 Å². The predicted molar refractivity (Wildman–Crippen MR) is 247 cm³/mol. The molecule has 3 aliphatic carbocycles. The van der Waals surface area contributed by atoms with Crippen LogP contribution in [-0.4, -0.2) is 0 Å². The summed E-state index contributed by atoms with van der Waals surface area (Å²) in [5, 5.41) is 0. The number of benzene rings is 7. The van der Waals surface area contributed by atoms with Gasteiger partial charge in [0.1, 0.15) is 0 Å². The third-order valence-corrected chi connectivity index (χ3v) is 12.8. The van der Waals surface area contributed by atoms with Gasteiger partial charge in [0.25, 0.3) is 0 Å². The summed E-state index contributed by atoms with van der Waals surface area (Å²) in [6.07, 6.45) is 11.4. The lowest BCUT2D eigenvalue weighted by atomic mass is 9.78. The maximum atomic E-state index is 2.43. The van der Waals surface area contributed by atoms with Crippen LogP contribution in [0.5, 0.6) is 0 Å². The van der Waals surface area contributed by atoms with E-state index >= 15 is 0 Å². The van der Waals surface area contributed by atoms with E-state index in [0.29, 0.717) is 0 Å². The van der Waals surface area contributed by atoms with Gasteiger partial charge in [-0.15, -0.1) is 0 Å². The molecule has 0 heterocycles. The molecule has 0 amide bonds. The van der Waals surface area contributed by atoms with Gasteiger partial charge in [-0.25, -0.2) is 0 Å². The third kappa shape index (κ3) is 6.03. The Morgan fingerprint density at radius 2 is 0.845 bits per heavy atom. The van der Waals surface area contributed by atoms with Crippen molar-refractivity contribution in [1.29, 1.82) is 0 Å². The standard InChI is InChI=1S/C56H48N2/c1-55(2)51-23-15-14-22-47(51)49-34-31-46(37-53(49)55)58(43-20-12-7-13-21-43)44-29-26-39(27-30-44)24-25-40-28-33-48-50-35-32-45(38-54(50)56(3,4)52(48)36-40)57(41-16-8-5-9-17-41)42-18-10-6-11-19-42/h5-14,16-22,24-38H,15,23H2,1-4H3/b25-24+. The minimum atomic E-state index is -0.148. The molecule has 7 aromatic carbocycles. The van der Waals surface area contributed by atoms with Gasteiger partial charge in [-0.2, -0.15) is 0 Å². The Morgan fingerprint density at radius 1 is 0.414 bits per heavy atom. The molecular weight excluding hydrogens is 701 g/mol. The smallest absolute Gasteiger partial charge is 0.0465 e. The van der Waals surface area contributed by atoms with Crippen LogP contribution in [0.25, 0.3) is 28.9 Å². The molecule has 0 N–H and O–H groups in total. The van der Waals surface area contributed by atoms with Gasteiger partial charge in [0, 0.05) is 45.0 Å². The van der Waals surface area contributed by atoms with Crippen molar-refractivity contribution in [3.8, 4) is 11.1 Å². The predicted octanol–water partition coefficient (Wildman–Crippen LogP) is 15.5. The molecule has 282 valence electrons. The first-order valence-corrected chi connectivity index (χ1v) is 20.7. The Balaban J connectivity index is 0.929. The van der Waals surface area contributed by atoms with Crippen LogP contribution in [0.2, 0.25) is 0 Å². The van der Waals surface area contributed by atoms with Crippen LogP contribution in [0.3, 0.4) is 0 Å². The van der Waals surface area contributed by atoms with E-state index in [1.54, 1.807) is 5.57 Å². The Kier molecular flexibility index (Phi) is 8.68.